The molecule has 2 aliphatic rings. The van der Waals surface area contributed by atoms with Gasteiger partial charge in [-0.25, -0.2) is 4.68 Å². The SMILES string of the molecule is O=C(Nc1ccnn1C1CCN(Cc2ccc3c(c2)Cc2ccccc2-3)CC1)c1ccccc1. The lowest BCUT2D eigenvalue weighted by atomic mass is 10.0. The van der Waals surface area contributed by atoms with Gasteiger partial charge in [0.05, 0.1) is 12.2 Å². The molecule has 1 amide bonds. The van der Waals surface area contributed by atoms with Gasteiger partial charge in [0.1, 0.15) is 5.82 Å². The van der Waals surface area contributed by atoms with Gasteiger partial charge in [0.15, 0.2) is 0 Å². The van der Waals surface area contributed by atoms with Gasteiger partial charge in [0.2, 0.25) is 0 Å². The Morgan fingerprint density at radius 1 is 0.882 bits per heavy atom. The number of anilines is 1. The van der Waals surface area contributed by atoms with Crippen molar-refractivity contribution in [3.05, 3.63) is 107 Å². The van der Waals surface area contributed by atoms with Crippen LogP contribution in [0, 0.1) is 0 Å². The highest BCUT2D eigenvalue weighted by atomic mass is 16.1. The molecule has 5 nitrogen and oxygen atoms in total. The van der Waals surface area contributed by atoms with Crippen molar-refractivity contribution in [3.63, 3.8) is 0 Å². The fraction of sp³-hybridized carbons (Fsp3) is 0.241. The molecular weight excluding hydrogens is 420 g/mol. The third-order valence-electron chi connectivity index (χ3n) is 7.12. The highest BCUT2D eigenvalue weighted by molar-refractivity contribution is 6.03. The minimum atomic E-state index is -0.0986. The van der Waals surface area contributed by atoms with Crippen molar-refractivity contribution in [1.29, 1.82) is 0 Å². The maximum Gasteiger partial charge on any atom is 0.256 e. The van der Waals surface area contributed by atoms with Crippen LogP contribution >= 0.6 is 0 Å². The summed E-state index contributed by atoms with van der Waals surface area (Å²) in [5.41, 5.74) is 7.71. The number of carbonyl (C=O) groups is 1. The quantitative estimate of drug-likeness (QED) is 0.384. The fourth-order valence-corrected chi connectivity index (χ4v) is 5.36. The van der Waals surface area contributed by atoms with E-state index in [9.17, 15) is 4.79 Å². The third-order valence-corrected chi connectivity index (χ3v) is 7.12. The molecule has 1 N–H and O–H groups in total. The number of likely N-dealkylation sites (tertiary alicyclic amines) is 1. The molecule has 2 heterocycles. The second-order valence-corrected chi connectivity index (χ2v) is 9.31. The van der Waals surface area contributed by atoms with Crippen LogP contribution in [0.15, 0.2) is 85.1 Å². The Bertz CT molecular complexity index is 1320. The molecule has 1 aromatic heterocycles. The Hall–Kier alpha value is -3.70. The van der Waals surface area contributed by atoms with E-state index in [4.69, 9.17) is 0 Å². The molecule has 5 heteroatoms. The summed E-state index contributed by atoms with van der Waals surface area (Å²) in [7, 11) is 0. The highest BCUT2D eigenvalue weighted by Gasteiger charge is 2.24. The lowest BCUT2D eigenvalue weighted by molar-refractivity contribution is 0.102. The maximum absolute atomic E-state index is 12.6. The molecule has 170 valence electrons. The molecule has 1 aliphatic carbocycles. The van der Waals surface area contributed by atoms with Gasteiger partial charge >= 0.3 is 0 Å². The van der Waals surface area contributed by atoms with Crippen LogP contribution in [-0.4, -0.2) is 33.7 Å². The number of fused-ring (bicyclic) bond motifs is 3. The summed E-state index contributed by atoms with van der Waals surface area (Å²) in [6.07, 6.45) is 4.85. The summed E-state index contributed by atoms with van der Waals surface area (Å²) >= 11 is 0. The standard InChI is InChI=1S/C29H28N4O/c34-29(22-6-2-1-3-7-22)31-28-12-15-30-33(28)25-13-16-32(17-14-25)20-21-10-11-27-24(18-21)19-23-8-4-5-9-26(23)27/h1-12,15,18,25H,13-14,16-17,19-20H2,(H,31,34). The van der Waals surface area contributed by atoms with Crippen molar-refractivity contribution >= 4 is 11.7 Å². The smallest absolute Gasteiger partial charge is 0.256 e. The highest BCUT2D eigenvalue weighted by Crippen LogP contribution is 2.37. The van der Waals surface area contributed by atoms with Crippen LogP contribution in [0.3, 0.4) is 0 Å². The maximum atomic E-state index is 12.6. The fourth-order valence-electron chi connectivity index (χ4n) is 5.36. The first-order chi connectivity index (χ1) is 16.7. The van der Waals surface area contributed by atoms with Crippen molar-refractivity contribution in [2.45, 2.75) is 31.8 Å². The zero-order chi connectivity index (χ0) is 22.9. The van der Waals surface area contributed by atoms with E-state index < -0.39 is 0 Å². The Balaban J connectivity index is 1.08. The molecule has 0 bridgehead atoms. The first-order valence-corrected chi connectivity index (χ1v) is 12.1. The average molecular weight is 449 g/mol. The third kappa shape index (κ3) is 4.03. The van der Waals surface area contributed by atoms with Crippen LogP contribution in [0.5, 0.6) is 0 Å². The summed E-state index contributed by atoms with van der Waals surface area (Å²) in [6, 6.07) is 27.2. The minimum absolute atomic E-state index is 0.0986. The number of benzene rings is 3. The van der Waals surface area contributed by atoms with Crippen molar-refractivity contribution in [2.75, 3.05) is 18.4 Å². The predicted molar refractivity (Wildman–Crippen MR) is 135 cm³/mol. The summed E-state index contributed by atoms with van der Waals surface area (Å²) < 4.78 is 1.99. The van der Waals surface area contributed by atoms with E-state index >= 15 is 0 Å². The number of piperidine rings is 1. The topological polar surface area (TPSA) is 50.2 Å². The van der Waals surface area contributed by atoms with Crippen LogP contribution in [0.25, 0.3) is 11.1 Å². The number of nitrogens with one attached hydrogen (secondary N) is 1. The first-order valence-electron chi connectivity index (χ1n) is 12.1. The van der Waals surface area contributed by atoms with Crippen molar-refractivity contribution < 1.29 is 4.79 Å². The van der Waals surface area contributed by atoms with Crippen LogP contribution in [0.4, 0.5) is 5.82 Å². The van der Waals surface area contributed by atoms with E-state index in [1.54, 1.807) is 6.20 Å². The number of amides is 1. The number of carbonyl (C=O) groups excluding carboxylic acids is 1. The first kappa shape index (κ1) is 20.9. The average Bonchev–Trinajstić information content (AvgIpc) is 3.49. The molecule has 0 spiro atoms. The van der Waals surface area contributed by atoms with E-state index in [1.165, 1.54) is 27.8 Å². The molecule has 0 saturated carbocycles. The Morgan fingerprint density at radius 3 is 2.50 bits per heavy atom. The molecule has 1 aliphatic heterocycles. The molecule has 0 radical (unpaired) electrons. The van der Waals surface area contributed by atoms with Crippen molar-refractivity contribution in [2.24, 2.45) is 0 Å². The lowest BCUT2D eigenvalue weighted by Crippen LogP contribution is -2.35. The summed E-state index contributed by atoms with van der Waals surface area (Å²) in [6.45, 7) is 3.02. The normalized spacial score (nSPS) is 15.6. The van der Waals surface area contributed by atoms with Crippen LogP contribution in [-0.2, 0) is 13.0 Å². The van der Waals surface area contributed by atoms with Crippen LogP contribution < -0.4 is 5.32 Å². The summed E-state index contributed by atoms with van der Waals surface area (Å²) in [5.74, 6) is 0.670. The Labute approximate surface area is 200 Å². The van der Waals surface area contributed by atoms with Gasteiger partial charge in [-0.3, -0.25) is 9.69 Å². The molecule has 1 fully saturated rings. The number of hydrogen-bond donors (Lipinski definition) is 1. The van der Waals surface area contributed by atoms with Crippen LogP contribution in [0.2, 0.25) is 0 Å². The van der Waals surface area contributed by atoms with Crippen LogP contribution in [0.1, 0.15) is 45.9 Å². The van der Waals surface area contributed by atoms with Gasteiger partial charge in [0.25, 0.3) is 5.91 Å². The van der Waals surface area contributed by atoms with Gasteiger partial charge in [-0.15, -0.1) is 0 Å². The molecule has 34 heavy (non-hydrogen) atoms. The lowest BCUT2D eigenvalue weighted by Gasteiger charge is -2.32. The minimum Gasteiger partial charge on any atom is -0.307 e. The second-order valence-electron chi connectivity index (χ2n) is 9.31. The molecule has 1 saturated heterocycles. The van der Waals surface area contributed by atoms with Gasteiger partial charge in [-0.2, -0.15) is 5.10 Å². The van der Waals surface area contributed by atoms with Crippen molar-refractivity contribution in [3.8, 4) is 11.1 Å². The summed E-state index contributed by atoms with van der Waals surface area (Å²) in [5, 5.41) is 7.57. The zero-order valence-electron chi connectivity index (χ0n) is 19.2. The molecular formula is C29H28N4O. The molecule has 6 rings (SSSR count). The molecule has 4 aromatic rings. The van der Waals surface area contributed by atoms with E-state index in [2.05, 4.69) is 57.8 Å². The van der Waals surface area contributed by atoms with Crippen molar-refractivity contribution in [1.82, 2.24) is 14.7 Å². The number of aromatic nitrogens is 2. The van der Waals surface area contributed by atoms with E-state index in [1.807, 2.05) is 41.1 Å². The van der Waals surface area contributed by atoms with E-state index in [0.29, 0.717) is 11.6 Å². The Morgan fingerprint density at radius 2 is 1.65 bits per heavy atom. The van der Waals surface area contributed by atoms with Gasteiger partial charge in [-0.1, -0.05) is 60.7 Å². The van der Waals surface area contributed by atoms with E-state index in [-0.39, 0.29) is 5.91 Å². The van der Waals surface area contributed by atoms with Gasteiger partial charge in [-0.05, 0) is 59.2 Å². The molecule has 0 atom stereocenters. The summed E-state index contributed by atoms with van der Waals surface area (Å²) in [4.78, 5) is 15.1. The van der Waals surface area contributed by atoms with Gasteiger partial charge in [0, 0.05) is 31.3 Å². The zero-order valence-corrected chi connectivity index (χ0v) is 19.2. The molecule has 0 unspecified atom stereocenters. The second kappa shape index (κ2) is 8.92. The number of hydrogen-bond acceptors (Lipinski definition) is 3. The predicted octanol–water partition coefficient (Wildman–Crippen LogP) is 5.54. The number of rotatable bonds is 5. The monoisotopic (exact) mass is 448 g/mol. The van der Waals surface area contributed by atoms with E-state index in [0.717, 1.165) is 44.7 Å². The van der Waals surface area contributed by atoms with Gasteiger partial charge < -0.3 is 5.32 Å². The Kier molecular flexibility index (Phi) is 5.47. The number of nitrogens with zero attached hydrogens (tertiary/aromatic N) is 3. The largest absolute Gasteiger partial charge is 0.307 e. The molecule has 3 aromatic carbocycles.